The molecule has 2 rings (SSSR count). The molecule has 0 aliphatic rings. The van der Waals surface area contributed by atoms with Crippen molar-refractivity contribution in [1.82, 2.24) is 9.88 Å². The van der Waals surface area contributed by atoms with Gasteiger partial charge in [0.1, 0.15) is 0 Å². The normalized spacial score (nSPS) is 11.4. The van der Waals surface area contributed by atoms with Crippen LogP contribution in [0.15, 0.2) is 45.9 Å². The first-order chi connectivity index (χ1) is 8.99. The van der Waals surface area contributed by atoms with Gasteiger partial charge < -0.3 is 9.63 Å². The van der Waals surface area contributed by atoms with E-state index in [1.807, 2.05) is 0 Å². The van der Waals surface area contributed by atoms with Crippen LogP contribution in [0.5, 0.6) is 0 Å². The average molecular weight is 282 g/mol. The van der Waals surface area contributed by atoms with Gasteiger partial charge in [-0.25, -0.2) is 17.9 Å². The van der Waals surface area contributed by atoms with E-state index < -0.39 is 16.0 Å². The van der Waals surface area contributed by atoms with E-state index in [4.69, 9.17) is 9.63 Å². The van der Waals surface area contributed by atoms with Crippen molar-refractivity contribution in [3.63, 3.8) is 0 Å². The topological polar surface area (TPSA) is 110 Å². The number of hydrogen-bond acceptors (Lipinski definition) is 5. The summed E-state index contributed by atoms with van der Waals surface area (Å²) in [5.74, 6) is -0.828. The summed E-state index contributed by atoms with van der Waals surface area (Å²) in [7, 11) is -3.79. The molecule has 19 heavy (non-hydrogen) atoms. The maximum Gasteiger partial charge on any atom is 0.335 e. The predicted octanol–water partition coefficient (Wildman–Crippen LogP) is 0.851. The lowest BCUT2D eigenvalue weighted by Gasteiger charge is -2.05. The lowest BCUT2D eigenvalue weighted by atomic mass is 10.2. The van der Waals surface area contributed by atoms with Crippen LogP contribution in [0.2, 0.25) is 0 Å². The molecule has 0 radical (unpaired) electrons. The van der Waals surface area contributed by atoms with Crippen LogP contribution >= 0.6 is 0 Å². The van der Waals surface area contributed by atoms with Gasteiger partial charge in [-0.3, -0.25) is 0 Å². The molecule has 0 saturated heterocycles. The van der Waals surface area contributed by atoms with Crippen LogP contribution in [0.4, 0.5) is 0 Å². The first-order valence-electron chi connectivity index (χ1n) is 5.21. The van der Waals surface area contributed by atoms with E-state index in [-0.39, 0.29) is 17.0 Å². The van der Waals surface area contributed by atoms with Crippen LogP contribution < -0.4 is 4.72 Å². The third kappa shape index (κ3) is 3.18. The lowest BCUT2D eigenvalue weighted by Crippen LogP contribution is -2.23. The Bertz CT molecular complexity index is 679. The van der Waals surface area contributed by atoms with Crippen LogP contribution in [-0.2, 0) is 16.6 Å². The maximum atomic E-state index is 11.9. The van der Waals surface area contributed by atoms with Crippen molar-refractivity contribution in [2.45, 2.75) is 11.4 Å². The number of carboxylic acid groups (broad SMARTS) is 1. The minimum atomic E-state index is -3.79. The molecule has 0 atom stereocenters. The summed E-state index contributed by atoms with van der Waals surface area (Å²) >= 11 is 0. The second kappa shape index (κ2) is 5.21. The van der Waals surface area contributed by atoms with Crippen LogP contribution in [0, 0.1) is 0 Å². The minimum Gasteiger partial charge on any atom is -0.478 e. The Labute approximate surface area is 108 Å². The molecule has 100 valence electrons. The molecule has 0 saturated carbocycles. The van der Waals surface area contributed by atoms with Gasteiger partial charge in [0.05, 0.1) is 23.2 Å². The monoisotopic (exact) mass is 282 g/mol. The second-order valence-corrected chi connectivity index (χ2v) is 5.40. The lowest BCUT2D eigenvalue weighted by molar-refractivity contribution is 0.0696. The molecule has 0 spiro atoms. The van der Waals surface area contributed by atoms with Gasteiger partial charge in [-0.05, 0) is 18.2 Å². The standard InChI is InChI=1S/C11H10N2O5S/c14-11(15)8-2-1-3-10(6-8)19(16,17)13-7-9-4-5-12-18-9/h1-6,13H,7H2,(H,14,15). The third-order valence-corrected chi connectivity index (χ3v) is 3.72. The molecule has 1 heterocycles. The number of aromatic nitrogens is 1. The van der Waals surface area contributed by atoms with Crippen LogP contribution in [0.3, 0.4) is 0 Å². The van der Waals surface area contributed by atoms with E-state index in [0.717, 1.165) is 6.07 Å². The van der Waals surface area contributed by atoms with Crippen molar-refractivity contribution < 1.29 is 22.8 Å². The predicted molar refractivity (Wildman–Crippen MR) is 63.9 cm³/mol. The summed E-state index contributed by atoms with van der Waals surface area (Å²) in [5.41, 5.74) is -0.0949. The Morgan fingerprint density at radius 2 is 2.16 bits per heavy atom. The fourth-order valence-corrected chi connectivity index (χ4v) is 2.42. The van der Waals surface area contributed by atoms with Gasteiger partial charge in [0.25, 0.3) is 0 Å². The molecule has 7 nitrogen and oxygen atoms in total. The Hall–Kier alpha value is -2.19. The van der Waals surface area contributed by atoms with Crippen molar-refractivity contribution in [1.29, 1.82) is 0 Å². The number of aromatic carboxylic acids is 1. The smallest absolute Gasteiger partial charge is 0.335 e. The van der Waals surface area contributed by atoms with Gasteiger partial charge in [0.15, 0.2) is 5.76 Å². The highest BCUT2D eigenvalue weighted by Gasteiger charge is 2.16. The zero-order valence-corrected chi connectivity index (χ0v) is 10.4. The third-order valence-electron chi connectivity index (χ3n) is 2.32. The van der Waals surface area contributed by atoms with Gasteiger partial charge in [0.2, 0.25) is 10.0 Å². The highest BCUT2D eigenvalue weighted by Crippen LogP contribution is 2.12. The first kappa shape index (κ1) is 13.2. The van der Waals surface area contributed by atoms with Crippen LogP contribution in [-0.4, -0.2) is 24.7 Å². The summed E-state index contributed by atoms with van der Waals surface area (Å²) in [6, 6.07) is 6.61. The van der Waals surface area contributed by atoms with Gasteiger partial charge in [-0.1, -0.05) is 11.2 Å². The van der Waals surface area contributed by atoms with E-state index in [0.29, 0.717) is 5.76 Å². The van der Waals surface area contributed by atoms with Crippen LogP contribution in [0.25, 0.3) is 0 Å². The van der Waals surface area contributed by atoms with Crippen molar-refractivity contribution >= 4 is 16.0 Å². The Balaban J connectivity index is 2.19. The Morgan fingerprint density at radius 1 is 1.37 bits per heavy atom. The van der Waals surface area contributed by atoms with Gasteiger partial charge in [0, 0.05) is 6.07 Å². The molecule has 0 bridgehead atoms. The molecule has 0 amide bonds. The van der Waals surface area contributed by atoms with Crippen molar-refractivity contribution in [3.8, 4) is 0 Å². The molecule has 0 aliphatic carbocycles. The number of rotatable bonds is 5. The Kier molecular flexibility index (Phi) is 3.63. The number of nitrogens with zero attached hydrogens (tertiary/aromatic N) is 1. The summed E-state index contributed by atoms with van der Waals surface area (Å²) in [6.45, 7) is -0.0559. The largest absolute Gasteiger partial charge is 0.478 e. The summed E-state index contributed by atoms with van der Waals surface area (Å²) in [4.78, 5) is 10.7. The number of carboxylic acids is 1. The number of sulfonamides is 1. The van der Waals surface area contributed by atoms with E-state index in [9.17, 15) is 13.2 Å². The molecule has 1 aromatic carbocycles. The summed E-state index contributed by atoms with van der Waals surface area (Å²) < 4.78 is 30.9. The second-order valence-electron chi connectivity index (χ2n) is 3.64. The molecule has 8 heteroatoms. The number of nitrogens with one attached hydrogen (secondary N) is 1. The summed E-state index contributed by atoms with van der Waals surface area (Å²) in [6.07, 6.45) is 1.40. The molecule has 2 aromatic rings. The fourth-order valence-electron chi connectivity index (χ4n) is 1.38. The fraction of sp³-hybridized carbons (Fsp3) is 0.0909. The van der Waals surface area contributed by atoms with Crippen molar-refractivity contribution in [3.05, 3.63) is 47.9 Å². The highest BCUT2D eigenvalue weighted by molar-refractivity contribution is 7.89. The molecule has 1 aromatic heterocycles. The molecule has 2 N–H and O–H groups in total. The number of carbonyl (C=O) groups is 1. The molecule has 0 fully saturated rings. The first-order valence-corrected chi connectivity index (χ1v) is 6.70. The van der Waals surface area contributed by atoms with E-state index in [2.05, 4.69) is 9.88 Å². The quantitative estimate of drug-likeness (QED) is 0.841. The zero-order valence-electron chi connectivity index (χ0n) is 9.61. The van der Waals surface area contributed by atoms with E-state index >= 15 is 0 Å². The summed E-state index contributed by atoms with van der Waals surface area (Å²) in [5, 5.41) is 12.3. The number of benzene rings is 1. The maximum absolute atomic E-state index is 11.9. The van der Waals surface area contributed by atoms with Gasteiger partial charge in [-0.2, -0.15) is 0 Å². The Morgan fingerprint density at radius 3 is 2.79 bits per heavy atom. The minimum absolute atomic E-state index is 0.0559. The van der Waals surface area contributed by atoms with Gasteiger partial charge in [-0.15, -0.1) is 0 Å². The van der Waals surface area contributed by atoms with E-state index in [1.165, 1.54) is 30.5 Å². The molecule has 0 aliphatic heterocycles. The molecular weight excluding hydrogens is 272 g/mol. The molecule has 0 unspecified atom stereocenters. The van der Waals surface area contributed by atoms with Gasteiger partial charge >= 0.3 is 5.97 Å². The highest BCUT2D eigenvalue weighted by atomic mass is 32.2. The van der Waals surface area contributed by atoms with Crippen molar-refractivity contribution in [2.75, 3.05) is 0 Å². The number of hydrogen-bond donors (Lipinski definition) is 2. The van der Waals surface area contributed by atoms with Crippen molar-refractivity contribution in [2.24, 2.45) is 0 Å². The zero-order chi connectivity index (χ0) is 13.9. The van der Waals surface area contributed by atoms with E-state index in [1.54, 1.807) is 0 Å². The molecular formula is C11H10N2O5S. The average Bonchev–Trinajstić information content (AvgIpc) is 2.90. The van der Waals surface area contributed by atoms with Crippen LogP contribution in [0.1, 0.15) is 16.1 Å². The SMILES string of the molecule is O=C(O)c1cccc(S(=O)(=O)NCc2ccno2)c1.